The van der Waals surface area contributed by atoms with Gasteiger partial charge in [0, 0.05) is 24.6 Å². The number of ether oxygens (including phenoxy) is 1. The number of hydrogen-bond acceptors (Lipinski definition) is 3. The highest BCUT2D eigenvalue weighted by Gasteiger charge is 2.24. The number of aromatic nitrogens is 2. The molecular weight excluding hydrogens is 244 g/mol. The van der Waals surface area contributed by atoms with Crippen LogP contribution < -0.4 is 4.74 Å². The van der Waals surface area contributed by atoms with Crippen molar-refractivity contribution in [2.45, 2.75) is 19.4 Å². The number of carbonyl (C=O) groups is 1. The van der Waals surface area contributed by atoms with E-state index in [1.807, 2.05) is 25.1 Å². The van der Waals surface area contributed by atoms with E-state index in [-0.39, 0.29) is 11.8 Å². The first-order valence-corrected chi connectivity index (χ1v) is 6.12. The number of carboxylic acid groups (broad SMARTS) is 1. The summed E-state index contributed by atoms with van der Waals surface area (Å²) >= 11 is 0. The van der Waals surface area contributed by atoms with Gasteiger partial charge in [-0.25, -0.2) is 4.79 Å². The summed E-state index contributed by atoms with van der Waals surface area (Å²) in [6, 6.07) is 7.43. The molecule has 1 unspecified atom stereocenters. The van der Waals surface area contributed by atoms with Gasteiger partial charge in [-0.1, -0.05) is 12.1 Å². The molecule has 1 aromatic heterocycles. The number of aryl methyl sites for hydroxylation is 1. The number of hydrogen-bond donors (Lipinski definition) is 1. The summed E-state index contributed by atoms with van der Waals surface area (Å²) in [5, 5.41) is 13.0. The predicted molar refractivity (Wildman–Crippen MR) is 69.4 cm³/mol. The highest BCUT2D eigenvalue weighted by atomic mass is 16.5. The Bertz CT molecular complexity index is 661. The summed E-state index contributed by atoms with van der Waals surface area (Å²) in [6.45, 7) is 2.02. The maximum Gasteiger partial charge on any atom is 0.356 e. The third kappa shape index (κ3) is 1.87. The molecule has 1 atom stereocenters. The van der Waals surface area contributed by atoms with Crippen LogP contribution in [0.5, 0.6) is 5.75 Å². The van der Waals surface area contributed by atoms with Crippen LogP contribution in [-0.2, 0) is 13.5 Å². The highest BCUT2D eigenvalue weighted by Crippen LogP contribution is 2.36. The summed E-state index contributed by atoms with van der Waals surface area (Å²) < 4.78 is 7.32. The van der Waals surface area contributed by atoms with Gasteiger partial charge < -0.3 is 9.84 Å². The van der Waals surface area contributed by atoms with Gasteiger partial charge in [-0.2, -0.15) is 5.10 Å². The van der Waals surface area contributed by atoms with E-state index < -0.39 is 5.97 Å². The molecule has 98 valence electrons. The van der Waals surface area contributed by atoms with Crippen molar-refractivity contribution in [2.24, 2.45) is 7.05 Å². The second-order valence-corrected chi connectivity index (χ2v) is 4.76. The van der Waals surface area contributed by atoms with Crippen molar-refractivity contribution in [3.63, 3.8) is 0 Å². The van der Waals surface area contributed by atoms with E-state index in [9.17, 15) is 4.79 Å². The number of benzene rings is 1. The average Bonchev–Trinajstić information content (AvgIpc) is 2.90. The Kier molecular flexibility index (Phi) is 2.55. The molecule has 0 amide bonds. The molecule has 0 bridgehead atoms. The van der Waals surface area contributed by atoms with Gasteiger partial charge >= 0.3 is 5.97 Å². The third-order valence-corrected chi connectivity index (χ3v) is 3.33. The van der Waals surface area contributed by atoms with Gasteiger partial charge in [0.25, 0.3) is 0 Å². The van der Waals surface area contributed by atoms with Crippen LogP contribution >= 0.6 is 0 Å². The van der Waals surface area contributed by atoms with Crippen LogP contribution in [0.1, 0.15) is 23.0 Å². The van der Waals surface area contributed by atoms with E-state index in [4.69, 9.17) is 9.84 Å². The molecule has 0 fully saturated rings. The molecule has 2 heterocycles. The van der Waals surface area contributed by atoms with E-state index >= 15 is 0 Å². The first-order valence-electron chi connectivity index (χ1n) is 6.12. The smallest absolute Gasteiger partial charge is 0.356 e. The van der Waals surface area contributed by atoms with Crippen molar-refractivity contribution in [2.75, 3.05) is 0 Å². The van der Waals surface area contributed by atoms with Crippen molar-refractivity contribution in [1.82, 2.24) is 9.78 Å². The zero-order valence-corrected chi connectivity index (χ0v) is 10.8. The zero-order valence-electron chi connectivity index (χ0n) is 10.8. The van der Waals surface area contributed by atoms with Crippen LogP contribution in [0.3, 0.4) is 0 Å². The lowest BCUT2D eigenvalue weighted by molar-refractivity contribution is 0.0689. The zero-order chi connectivity index (χ0) is 13.6. The van der Waals surface area contributed by atoms with Crippen molar-refractivity contribution < 1.29 is 14.6 Å². The predicted octanol–water partition coefficient (Wildman–Crippen LogP) is 2.11. The highest BCUT2D eigenvalue weighted by molar-refractivity contribution is 5.87. The molecule has 5 nitrogen and oxygen atoms in total. The summed E-state index contributed by atoms with van der Waals surface area (Å²) in [5.74, 6) is -0.137. The number of aromatic carboxylic acids is 1. The van der Waals surface area contributed by atoms with E-state index in [0.717, 1.165) is 29.0 Å². The van der Waals surface area contributed by atoms with Crippen molar-refractivity contribution in [1.29, 1.82) is 0 Å². The number of carboxylic acids is 1. The van der Waals surface area contributed by atoms with Gasteiger partial charge in [-0.15, -0.1) is 0 Å². The average molecular weight is 258 g/mol. The van der Waals surface area contributed by atoms with Crippen LogP contribution in [0.2, 0.25) is 0 Å². The first-order chi connectivity index (χ1) is 9.06. The molecule has 19 heavy (non-hydrogen) atoms. The third-order valence-electron chi connectivity index (χ3n) is 3.33. The van der Waals surface area contributed by atoms with E-state index in [2.05, 4.69) is 5.10 Å². The van der Waals surface area contributed by atoms with Gasteiger partial charge in [0.2, 0.25) is 0 Å². The molecule has 0 spiro atoms. The van der Waals surface area contributed by atoms with Gasteiger partial charge in [0.1, 0.15) is 11.9 Å². The lowest BCUT2D eigenvalue weighted by Crippen LogP contribution is -2.05. The molecule has 0 aliphatic carbocycles. The van der Waals surface area contributed by atoms with Crippen LogP contribution in [0.4, 0.5) is 0 Å². The Balaban J connectivity index is 2.14. The molecule has 0 radical (unpaired) electrons. The lowest BCUT2D eigenvalue weighted by Gasteiger charge is -2.06. The van der Waals surface area contributed by atoms with Crippen molar-refractivity contribution in [3.8, 4) is 17.0 Å². The Morgan fingerprint density at radius 3 is 3.00 bits per heavy atom. The molecule has 0 saturated heterocycles. The Morgan fingerprint density at radius 2 is 2.32 bits per heavy atom. The Labute approximate surface area is 110 Å². The largest absolute Gasteiger partial charge is 0.490 e. The van der Waals surface area contributed by atoms with Gasteiger partial charge in [-0.3, -0.25) is 4.68 Å². The minimum atomic E-state index is -1.01. The summed E-state index contributed by atoms with van der Waals surface area (Å²) in [4.78, 5) is 11.0. The van der Waals surface area contributed by atoms with E-state index in [1.165, 1.54) is 0 Å². The van der Waals surface area contributed by atoms with Crippen LogP contribution in [0.15, 0.2) is 24.3 Å². The maximum atomic E-state index is 11.0. The fourth-order valence-electron chi connectivity index (χ4n) is 2.50. The SMILES string of the molecule is CC1Cc2c(cccc2-c2cc(C(=O)O)nn2C)O1. The Hall–Kier alpha value is -2.30. The number of fused-ring (bicyclic) bond motifs is 1. The monoisotopic (exact) mass is 258 g/mol. The molecule has 1 N–H and O–H groups in total. The molecule has 5 heteroatoms. The fourth-order valence-corrected chi connectivity index (χ4v) is 2.50. The maximum absolute atomic E-state index is 11.0. The van der Waals surface area contributed by atoms with E-state index in [1.54, 1.807) is 17.8 Å². The van der Waals surface area contributed by atoms with Gasteiger partial charge in [0.15, 0.2) is 5.69 Å². The van der Waals surface area contributed by atoms with E-state index in [0.29, 0.717) is 0 Å². The lowest BCUT2D eigenvalue weighted by atomic mass is 10.0. The van der Waals surface area contributed by atoms with Crippen LogP contribution in [-0.4, -0.2) is 27.0 Å². The molecule has 1 aliphatic rings. The minimum absolute atomic E-state index is 0.0575. The van der Waals surface area contributed by atoms with Crippen LogP contribution in [0.25, 0.3) is 11.3 Å². The summed E-state index contributed by atoms with van der Waals surface area (Å²) in [7, 11) is 1.75. The summed E-state index contributed by atoms with van der Waals surface area (Å²) in [5.41, 5.74) is 2.97. The number of nitrogens with zero attached hydrogens (tertiary/aromatic N) is 2. The fraction of sp³-hybridized carbons (Fsp3) is 0.286. The standard InChI is InChI=1S/C14H14N2O3/c1-8-6-10-9(4-3-5-13(10)19-8)12-7-11(14(17)18)15-16(12)2/h3-5,7-8H,6H2,1-2H3,(H,17,18). The van der Waals surface area contributed by atoms with Crippen molar-refractivity contribution in [3.05, 3.63) is 35.5 Å². The summed E-state index contributed by atoms with van der Waals surface area (Å²) in [6.07, 6.45) is 0.988. The van der Waals surface area contributed by atoms with Crippen LogP contribution in [0, 0.1) is 0 Å². The topological polar surface area (TPSA) is 64.3 Å². The quantitative estimate of drug-likeness (QED) is 0.896. The molecular formula is C14H14N2O3. The molecule has 0 saturated carbocycles. The van der Waals surface area contributed by atoms with Gasteiger partial charge in [0.05, 0.1) is 5.69 Å². The minimum Gasteiger partial charge on any atom is -0.490 e. The Morgan fingerprint density at radius 1 is 1.53 bits per heavy atom. The second kappa shape index (κ2) is 4.12. The van der Waals surface area contributed by atoms with Crippen molar-refractivity contribution >= 4 is 5.97 Å². The second-order valence-electron chi connectivity index (χ2n) is 4.76. The molecule has 1 aliphatic heterocycles. The molecule has 1 aromatic carbocycles. The molecule has 2 aromatic rings. The normalized spacial score (nSPS) is 17.1. The molecule has 3 rings (SSSR count). The number of rotatable bonds is 2. The first kappa shape index (κ1) is 11.8. The van der Waals surface area contributed by atoms with Gasteiger partial charge in [-0.05, 0) is 19.1 Å².